The Balaban J connectivity index is 0.00000243. The highest BCUT2D eigenvalue weighted by atomic mass is 127. The van der Waals surface area contributed by atoms with Crippen molar-refractivity contribution >= 4 is 29.9 Å². The predicted octanol–water partition coefficient (Wildman–Crippen LogP) is 2.86. The topological polar surface area (TPSA) is 34.1 Å². The van der Waals surface area contributed by atoms with Gasteiger partial charge in [0, 0.05) is 52.4 Å². The third kappa shape index (κ3) is 5.96. The number of piperazine rings is 1. The van der Waals surface area contributed by atoms with Gasteiger partial charge in [-0.15, -0.1) is 24.0 Å². The summed E-state index contributed by atoms with van der Waals surface area (Å²) in [6, 6.07) is 0. The van der Waals surface area contributed by atoms with E-state index < -0.39 is 0 Å². The van der Waals surface area contributed by atoms with E-state index in [4.69, 9.17) is 4.99 Å². The Morgan fingerprint density at radius 3 is 2.27 bits per heavy atom. The fraction of sp³-hybridized carbons (Fsp3) is 0.950. The minimum Gasteiger partial charge on any atom is -0.357 e. The Kier molecular flexibility index (Phi) is 9.44. The maximum atomic E-state index is 4.93. The van der Waals surface area contributed by atoms with E-state index in [9.17, 15) is 0 Å². The summed E-state index contributed by atoms with van der Waals surface area (Å²) in [5.74, 6) is 1.17. The van der Waals surface area contributed by atoms with Gasteiger partial charge in [0.25, 0.3) is 0 Å². The Bertz CT molecular complexity index is 430. The molecule has 0 aromatic carbocycles. The quantitative estimate of drug-likeness (QED) is 0.265. The molecule has 6 heteroatoms. The second-order valence-corrected chi connectivity index (χ2v) is 8.24. The van der Waals surface area contributed by atoms with Gasteiger partial charge in [0.15, 0.2) is 5.96 Å². The van der Waals surface area contributed by atoms with Crippen LogP contribution in [0.2, 0.25) is 0 Å². The summed E-state index contributed by atoms with van der Waals surface area (Å²) in [4.78, 5) is 12.6. The molecule has 3 rings (SSSR count). The number of rotatable bonds is 7. The molecule has 3 aliphatic rings. The molecule has 2 heterocycles. The lowest BCUT2D eigenvalue weighted by Crippen LogP contribution is -2.46. The van der Waals surface area contributed by atoms with Crippen LogP contribution in [0.1, 0.15) is 52.4 Å². The second-order valence-electron chi connectivity index (χ2n) is 8.24. The van der Waals surface area contributed by atoms with Gasteiger partial charge < -0.3 is 20.0 Å². The van der Waals surface area contributed by atoms with E-state index in [1.165, 1.54) is 96.8 Å². The van der Waals surface area contributed by atoms with Crippen LogP contribution in [0, 0.1) is 5.41 Å². The zero-order chi connectivity index (χ0) is 17.5. The van der Waals surface area contributed by atoms with Gasteiger partial charge in [-0.25, -0.2) is 0 Å². The zero-order valence-corrected chi connectivity index (χ0v) is 19.3. The molecule has 0 atom stereocenters. The van der Waals surface area contributed by atoms with Crippen LogP contribution in [-0.2, 0) is 0 Å². The lowest BCUT2D eigenvalue weighted by molar-refractivity contribution is 0.136. The minimum atomic E-state index is 0. The number of halogens is 1. The highest BCUT2D eigenvalue weighted by Gasteiger charge is 2.43. The van der Waals surface area contributed by atoms with Crippen LogP contribution in [0.15, 0.2) is 4.99 Å². The minimum absolute atomic E-state index is 0. The number of hydrogen-bond donors (Lipinski definition) is 1. The predicted molar refractivity (Wildman–Crippen MR) is 122 cm³/mol. The number of likely N-dealkylation sites (N-methyl/N-ethyl adjacent to an activating group) is 1. The van der Waals surface area contributed by atoms with Crippen LogP contribution in [0.4, 0.5) is 0 Å². The molecule has 0 aromatic heterocycles. The Morgan fingerprint density at radius 1 is 0.962 bits per heavy atom. The summed E-state index contributed by atoms with van der Waals surface area (Å²) in [7, 11) is 0. The van der Waals surface area contributed by atoms with Crippen LogP contribution in [0.3, 0.4) is 0 Å². The van der Waals surface area contributed by atoms with Crippen LogP contribution >= 0.6 is 24.0 Å². The smallest absolute Gasteiger partial charge is 0.193 e. The molecule has 2 saturated heterocycles. The average molecular weight is 477 g/mol. The Morgan fingerprint density at radius 2 is 1.69 bits per heavy atom. The van der Waals surface area contributed by atoms with Crippen molar-refractivity contribution in [2.75, 3.05) is 65.4 Å². The molecule has 3 fully saturated rings. The van der Waals surface area contributed by atoms with E-state index in [1.807, 2.05) is 0 Å². The van der Waals surface area contributed by atoms with Gasteiger partial charge in [0.2, 0.25) is 0 Å². The van der Waals surface area contributed by atoms with Crippen molar-refractivity contribution in [3.63, 3.8) is 0 Å². The van der Waals surface area contributed by atoms with Crippen molar-refractivity contribution in [1.29, 1.82) is 0 Å². The third-order valence-corrected chi connectivity index (χ3v) is 6.54. The molecular formula is C20H40IN5. The van der Waals surface area contributed by atoms with Crippen LogP contribution < -0.4 is 5.32 Å². The number of aliphatic imine (C=N–C) groups is 1. The summed E-state index contributed by atoms with van der Waals surface area (Å²) in [6.45, 7) is 16.3. The molecule has 1 aliphatic carbocycles. The first-order valence-corrected chi connectivity index (χ1v) is 10.7. The Labute approximate surface area is 178 Å². The number of nitrogens with zero attached hydrogens (tertiary/aromatic N) is 4. The molecule has 2 aliphatic heterocycles. The molecule has 0 aromatic rings. The lowest BCUT2D eigenvalue weighted by Gasteiger charge is -2.38. The highest BCUT2D eigenvalue weighted by molar-refractivity contribution is 14.0. The molecule has 5 nitrogen and oxygen atoms in total. The van der Waals surface area contributed by atoms with Crippen molar-refractivity contribution in [1.82, 2.24) is 20.0 Å². The third-order valence-electron chi connectivity index (χ3n) is 6.54. The number of unbranched alkanes of at least 4 members (excludes halogenated alkanes) is 1. The molecule has 1 N–H and O–H groups in total. The summed E-state index contributed by atoms with van der Waals surface area (Å²) in [5, 5.41) is 3.52. The lowest BCUT2D eigenvalue weighted by atomic mass is 9.68. The summed E-state index contributed by atoms with van der Waals surface area (Å²) < 4.78 is 0. The maximum absolute atomic E-state index is 4.93. The van der Waals surface area contributed by atoms with Crippen molar-refractivity contribution in [3.8, 4) is 0 Å². The molecule has 0 unspecified atom stereocenters. The zero-order valence-electron chi connectivity index (χ0n) is 17.0. The first-order chi connectivity index (χ1) is 12.2. The van der Waals surface area contributed by atoms with Gasteiger partial charge >= 0.3 is 0 Å². The molecule has 1 spiro atoms. The molecule has 1 saturated carbocycles. The number of hydrogen-bond acceptors (Lipinski definition) is 3. The first-order valence-electron chi connectivity index (χ1n) is 10.7. The molecule has 26 heavy (non-hydrogen) atoms. The normalized spacial score (nSPS) is 23.8. The van der Waals surface area contributed by atoms with Crippen molar-refractivity contribution in [2.45, 2.75) is 52.4 Å². The van der Waals surface area contributed by atoms with E-state index in [0.717, 1.165) is 13.1 Å². The molecule has 0 amide bonds. The monoisotopic (exact) mass is 477 g/mol. The average Bonchev–Trinajstić information content (AvgIpc) is 3.07. The number of nitrogens with one attached hydrogen (secondary N) is 1. The van der Waals surface area contributed by atoms with Gasteiger partial charge in [0.05, 0.1) is 0 Å². The fourth-order valence-electron chi connectivity index (χ4n) is 4.59. The van der Waals surface area contributed by atoms with Crippen LogP contribution in [-0.4, -0.2) is 86.1 Å². The largest absolute Gasteiger partial charge is 0.357 e. The van der Waals surface area contributed by atoms with Crippen LogP contribution in [0.5, 0.6) is 0 Å². The highest BCUT2D eigenvalue weighted by Crippen LogP contribution is 2.47. The molecule has 0 bridgehead atoms. The summed E-state index contributed by atoms with van der Waals surface area (Å²) in [5.41, 5.74) is 0.650. The van der Waals surface area contributed by atoms with E-state index >= 15 is 0 Å². The van der Waals surface area contributed by atoms with Crippen molar-refractivity contribution in [2.24, 2.45) is 10.4 Å². The van der Waals surface area contributed by atoms with Gasteiger partial charge in [0.1, 0.15) is 0 Å². The van der Waals surface area contributed by atoms with Gasteiger partial charge in [-0.05, 0) is 57.5 Å². The van der Waals surface area contributed by atoms with Crippen molar-refractivity contribution < 1.29 is 0 Å². The standard InChI is InChI=1S/C20H39N5.HI/c1-3-21-19(25-13-10-20(18-25)8-7-9-20)22-11-5-6-12-24-16-14-23(4-2)15-17-24;/h3-18H2,1-2H3,(H,21,22);1H. The number of guanidine groups is 1. The van der Waals surface area contributed by atoms with E-state index in [-0.39, 0.29) is 24.0 Å². The van der Waals surface area contributed by atoms with Gasteiger partial charge in [-0.3, -0.25) is 4.99 Å². The van der Waals surface area contributed by atoms with E-state index in [0.29, 0.717) is 5.41 Å². The SMILES string of the molecule is CCNC(=NCCCCN1CCN(CC)CC1)N1CCC2(CCC2)C1.I. The van der Waals surface area contributed by atoms with Gasteiger partial charge in [-0.2, -0.15) is 0 Å². The van der Waals surface area contributed by atoms with Crippen molar-refractivity contribution in [3.05, 3.63) is 0 Å². The first kappa shape index (κ1) is 22.2. The van der Waals surface area contributed by atoms with Crippen LogP contribution in [0.25, 0.3) is 0 Å². The molecule has 152 valence electrons. The second kappa shape index (κ2) is 11.1. The van der Waals surface area contributed by atoms with Gasteiger partial charge in [-0.1, -0.05) is 13.3 Å². The summed E-state index contributed by atoms with van der Waals surface area (Å²) >= 11 is 0. The molecule has 0 radical (unpaired) electrons. The van der Waals surface area contributed by atoms with E-state index in [1.54, 1.807) is 0 Å². The summed E-state index contributed by atoms with van der Waals surface area (Å²) in [6.07, 6.45) is 8.18. The fourth-order valence-corrected chi connectivity index (χ4v) is 4.59. The maximum Gasteiger partial charge on any atom is 0.193 e. The Hall–Kier alpha value is -0.0800. The number of likely N-dealkylation sites (tertiary alicyclic amines) is 1. The van der Waals surface area contributed by atoms with E-state index in [2.05, 4.69) is 33.9 Å². The molecular weight excluding hydrogens is 437 g/mol.